The largest absolute Gasteiger partial charge is 0.389 e. The molecule has 23 heavy (non-hydrogen) atoms. The second-order valence-electron chi connectivity index (χ2n) is 7.14. The molecule has 0 radical (unpaired) electrons. The minimum atomic E-state index is -0.179. The molecule has 0 aliphatic rings. The molecule has 0 aromatic carbocycles. The zero-order valence-corrected chi connectivity index (χ0v) is 15.7. The Morgan fingerprint density at radius 2 is 1.96 bits per heavy atom. The van der Waals surface area contributed by atoms with Gasteiger partial charge in [0.05, 0.1) is 12.2 Å². The highest BCUT2D eigenvalue weighted by atomic mass is 16.5. The monoisotopic (exact) mass is 326 g/mol. The molecule has 4 nitrogen and oxygen atoms in total. The lowest BCUT2D eigenvalue weighted by Gasteiger charge is -2.26. The zero-order chi connectivity index (χ0) is 17.7. The molecule has 0 saturated carbocycles. The number of carbonyl (C=O) groups is 1. The summed E-state index contributed by atoms with van der Waals surface area (Å²) in [7, 11) is 0. The van der Waals surface area contributed by atoms with Gasteiger partial charge in [-0.25, -0.2) is 0 Å². The lowest BCUT2D eigenvalue weighted by Crippen LogP contribution is -2.29. The van der Waals surface area contributed by atoms with Gasteiger partial charge in [0.1, 0.15) is 5.78 Å². The molecule has 3 N–H and O–H groups in total. The van der Waals surface area contributed by atoms with Gasteiger partial charge in [0.15, 0.2) is 0 Å². The van der Waals surface area contributed by atoms with Crippen molar-refractivity contribution in [1.29, 1.82) is 0 Å². The molecule has 0 aromatic rings. The molecule has 1 unspecified atom stereocenters. The Labute approximate surface area is 143 Å². The summed E-state index contributed by atoms with van der Waals surface area (Å²) in [6.45, 7) is 13.4. The molecule has 0 heterocycles. The van der Waals surface area contributed by atoms with Crippen LogP contribution >= 0.6 is 0 Å². The van der Waals surface area contributed by atoms with Crippen LogP contribution in [-0.2, 0) is 9.53 Å². The number of unbranched alkanes of at least 4 members (excludes halogenated alkanes) is 1. The summed E-state index contributed by atoms with van der Waals surface area (Å²) in [4.78, 5) is 10.9. The molecule has 0 rings (SSSR count). The van der Waals surface area contributed by atoms with E-state index in [-0.39, 0.29) is 17.4 Å². The molecule has 0 saturated heterocycles. The minimum absolute atomic E-state index is 0.177. The number of Topliss-reactive ketones (excluding diaryl/α,β-unsaturated/α-hetero) is 1. The number of hydrogen-bond donors (Lipinski definition) is 2. The highest BCUT2D eigenvalue weighted by molar-refractivity contribution is 5.75. The number of ether oxygens (including phenoxy) is 1. The molecule has 0 fully saturated rings. The first kappa shape index (κ1) is 22.1. The van der Waals surface area contributed by atoms with E-state index in [0.717, 1.165) is 44.3 Å². The first-order valence-electron chi connectivity index (χ1n) is 9.07. The van der Waals surface area contributed by atoms with Gasteiger partial charge in [0.25, 0.3) is 0 Å². The molecule has 1 atom stereocenters. The Bertz CT molecular complexity index is 340. The maximum atomic E-state index is 10.9. The van der Waals surface area contributed by atoms with Crippen LogP contribution in [0.4, 0.5) is 0 Å². The summed E-state index contributed by atoms with van der Waals surface area (Å²) in [5, 5.41) is 3.36. The van der Waals surface area contributed by atoms with Crippen molar-refractivity contribution in [2.24, 2.45) is 5.73 Å². The molecule has 0 aliphatic heterocycles. The molecule has 0 spiro atoms. The third kappa shape index (κ3) is 14.5. The maximum absolute atomic E-state index is 10.9. The van der Waals surface area contributed by atoms with Crippen LogP contribution in [0.25, 0.3) is 0 Å². The highest BCUT2D eigenvalue weighted by Crippen LogP contribution is 2.19. The molecule has 0 aliphatic carbocycles. The van der Waals surface area contributed by atoms with Crippen molar-refractivity contribution in [1.82, 2.24) is 5.32 Å². The highest BCUT2D eigenvalue weighted by Gasteiger charge is 2.18. The summed E-state index contributed by atoms with van der Waals surface area (Å²) in [5.74, 6) is 0.177. The number of nitrogens with two attached hydrogens (primary N) is 1. The van der Waals surface area contributed by atoms with Crippen molar-refractivity contribution >= 4 is 5.78 Å². The van der Waals surface area contributed by atoms with Crippen molar-refractivity contribution in [2.75, 3.05) is 13.2 Å². The first-order chi connectivity index (χ1) is 10.8. The number of allylic oxidation sites excluding steroid dienone is 1. The van der Waals surface area contributed by atoms with Gasteiger partial charge in [0, 0.05) is 24.7 Å². The molecule has 4 heteroatoms. The Kier molecular flexibility index (Phi) is 12.1. The average molecular weight is 327 g/mol. The zero-order valence-electron chi connectivity index (χ0n) is 15.7. The number of nitrogens with one attached hydrogen (secondary N) is 1. The van der Waals surface area contributed by atoms with Crippen molar-refractivity contribution in [3.63, 3.8) is 0 Å². The van der Waals surface area contributed by atoms with E-state index in [1.165, 1.54) is 12.8 Å². The van der Waals surface area contributed by atoms with E-state index in [1.54, 1.807) is 6.92 Å². The molecule has 136 valence electrons. The molecular weight excluding hydrogens is 288 g/mol. The average Bonchev–Trinajstić information content (AvgIpc) is 2.44. The topological polar surface area (TPSA) is 64.3 Å². The predicted octanol–water partition coefficient (Wildman–Crippen LogP) is 3.94. The van der Waals surface area contributed by atoms with Crippen LogP contribution < -0.4 is 11.1 Å². The fraction of sp³-hybridized carbons (Fsp3) is 0.842. The van der Waals surface area contributed by atoms with Crippen molar-refractivity contribution in [3.8, 4) is 0 Å². The van der Waals surface area contributed by atoms with E-state index < -0.39 is 0 Å². The summed E-state index contributed by atoms with van der Waals surface area (Å²) in [6.07, 6.45) is 7.93. The quantitative estimate of drug-likeness (QED) is 0.478. The summed E-state index contributed by atoms with van der Waals surface area (Å²) in [6, 6.07) is 0.217. The Morgan fingerprint density at radius 1 is 1.26 bits per heavy atom. The van der Waals surface area contributed by atoms with E-state index >= 15 is 0 Å². The number of hydrogen-bond acceptors (Lipinski definition) is 4. The van der Waals surface area contributed by atoms with Crippen LogP contribution in [-0.4, -0.2) is 30.6 Å². The molecular formula is C19H38N2O2. The lowest BCUT2D eigenvalue weighted by atomic mass is 9.98. The molecule has 0 aromatic heterocycles. The van der Waals surface area contributed by atoms with Gasteiger partial charge < -0.3 is 15.8 Å². The van der Waals surface area contributed by atoms with Crippen molar-refractivity contribution in [2.45, 2.75) is 90.7 Å². The normalized spacial score (nSPS) is 12.9. The SMILES string of the molecule is C=C(CCCC)NCCC(N)CCCC(C)(C)OCCC(C)=O. The van der Waals surface area contributed by atoms with Crippen LogP contribution in [0.2, 0.25) is 0 Å². The van der Waals surface area contributed by atoms with Crippen molar-refractivity contribution in [3.05, 3.63) is 12.3 Å². The van der Waals surface area contributed by atoms with Crippen LogP contribution in [0, 0.1) is 0 Å². The molecule has 0 bridgehead atoms. The van der Waals surface area contributed by atoms with Gasteiger partial charge in [-0.15, -0.1) is 0 Å². The van der Waals surface area contributed by atoms with Gasteiger partial charge >= 0.3 is 0 Å². The smallest absolute Gasteiger partial charge is 0.132 e. The van der Waals surface area contributed by atoms with E-state index in [9.17, 15) is 4.79 Å². The standard InChI is InChI=1S/C19H38N2O2/c1-6-7-9-16(2)21-14-11-18(20)10-8-13-19(4,5)23-15-12-17(3)22/h18,21H,2,6-15,20H2,1,3-5H3. The van der Waals surface area contributed by atoms with Crippen LogP contribution in [0.15, 0.2) is 12.3 Å². The lowest BCUT2D eigenvalue weighted by molar-refractivity contribution is -0.119. The Hall–Kier alpha value is -0.870. The summed E-state index contributed by atoms with van der Waals surface area (Å²) >= 11 is 0. The predicted molar refractivity (Wildman–Crippen MR) is 98.4 cm³/mol. The van der Waals surface area contributed by atoms with Crippen LogP contribution in [0.3, 0.4) is 0 Å². The fourth-order valence-corrected chi connectivity index (χ4v) is 2.39. The summed E-state index contributed by atoms with van der Waals surface area (Å²) < 4.78 is 5.79. The second kappa shape index (κ2) is 12.5. The van der Waals surface area contributed by atoms with Crippen LogP contribution in [0.1, 0.15) is 79.1 Å². The van der Waals surface area contributed by atoms with Gasteiger partial charge in [-0.2, -0.15) is 0 Å². The fourth-order valence-electron chi connectivity index (χ4n) is 2.39. The van der Waals surface area contributed by atoms with Gasteiger partial charge in [0.2, 0.25) is 0 Å². The summed E-state index contributed by atoms with van der Waals surface area (Å²) in [5.41, 5.74) is 7.12. The Balaban J connectivity index is 3.70. The van der Waals surface area contributed by atoms with E-state index in [0.29, 0.717) is 13.0 Å². The van der Waals surface area contributed by atoms with E-state index in [1.807, 2.05) is 0 Å². The van der Waals surface area contributed by atoms with E-state index in [4.69, 9.17) is 10.5 Å². The minimum Gasteiger partial charge on any atom is -0.389 e. The number of ketones is 1. The first-order valence-corrected chi connectivity index (χ1v) is 9.07. The number of carbonyl (C=O) groups excluding carboxylic acids is 1. The molecule has 0 amide bonds. The van der Waals surface area contributed by atoms with Gasteiger partial charge in [-0.3, -0.25) is 4.79 Å². The third-order valence-corrected chi connectivity index (χ3v) is 4.02. The number of rotatable bonds is 15. The Morgan fingerprint density at radius 3 is 2.57 bits per heavy atom. The van der Waals surface area contributed by atoms with E-state index in [2.05, 4.69) is 32.7 Å². The third-order valence-electron chi connectivity index (χ3n) is 4.02. The van der Waals surface area contributed by atoms with Gasteiger partial charge in [-0.05, 0) is 59.3 Å². The van der Waals surface area contributed by atoms with Crippen molar-refractivity contribution < 1.29 is 9.53 Å². The maximum Gasteiger partial charge on any atom is 0.132 e. The second-order valence-corrected chi connectivity index (χ2v) is 7.14. The van der Waals surface area contributed by atoms with Gasteiger partial charge in [-0.1, -0.05) is 19.9 Å². The van der Waals surface area contributed by atoms with Crippen LogP contribution in [0.5, 0.6) is 0 Å².